The van der Waals surface area contributed by atoms with Crippen molar-refractivity contribution in [3.63, 3.8) is 0 Å². The maximum atomic E-state index is 11.9. The van der Waals surface area contributed by atoms with Crippen LogP contribution < -0.4 is 0 Å². The fourth-order valence-corrected chi connectivity index (χ4v) is 0.564. The molecule has 0 aliphatic rings. The Morgan fingerprint density at radius 1 is 1.33 bits per heavy atom. The lowest BCUT2D eigenvalue weighted by Crippen LogP contribution is -2.20. The third-order valence-corrected chi connectivity index (χ3v) is 1.17. The summed E-state index contributed by atoms with van der Waals surface area (Å²) in [7, 11) is 0. The van der Waals surface area contributed by atoms with E-state index in [-0.39, 0.29) is 16.5 Å². The minimum Gasteiger partial charge on any atom is -0.147 e. The number of nitrogens with zero attached hydrogens (tertiary/aromatic N) is 4. The highest BCUT2D eigenvalue weighted by Gasteiger charge is 2.34. The molecule has 0 aliphatic heterocycles. The van der Waals surface area contributed by atoms with Gasteiger partial charge >= 0.3 is 6.30 Å². The molecular formula is C5H7F3N4. The minimum atomic E-state index is -4.57. The number of tetrazole rings is 1. The topological polar surface area (TPSA) is 43.6 Å². The van der Waals surface area contributed by atoms with E-state index in [1.807, 2.05) is 0 Å². The van der Waals surface area contributed by atoms with Gasteiger partial charge in [0.05, 0.1) is 0 Å². The first-order valence-corrected chi connectivity index (χ1v) is 3.28. The molecule has 0 N–H and O–H groups in total. The molecule has 0 amide bonds. The smallest absolute Gasteiger partial charge is 0.147 e. The van der Waals surface area contributed by atoms with Crippen molar-refractivity contribution in [2.24, 2.45) is 0 Å². The molecule has 0 atom stereocenters. The van der Waals surface area contributed by atoms with E-state index in [2.05, 4.69) is 15.4 Å². The van der Waals surface area contributed by atoms with Crippen LogP contribution in [0.2, 0.25) is 0 Å². The summed E-state index contributed by atoms with van der Waals surface area (Å²) >= 11 is 0. The van der Waals surface area contributed by atoms with Crippen molar-refractivity contribution in [2.45, 2.75) is 26.1 Å². The van der Waals surface area contributed by atoms with E-state index in [0.717, 1.165) is 0 Å². The summed E-state index contributed by atoms with van der Waals surface area (Å²) in [5.41, 5.74) is 0. The average Bonchev–Trinajstić information content (AvgIpc) is 2.30. The molecule has 0 radical (unpaired) electrons. The molecule has 0 spiro atoms. The van der Waals surface area contributed by atoms with Crippen molar-refractivity contribution in [2.75, 3.05) is 0 Å². The highest BCUT2D eigenvalue weighted by molar-refractivity contribution is 4.84. The van der Waals surface area contributed by atoms with E-state index in [0.29, 0.717) is 0 Å². The largest absolute Gasteiger partial charge is 0.522 e. The van der Waals surface area contributed by atoms with Gasteiger partial charge in [0.15, 0.2) is 5.82 Å². The van der Waals surface area contributed by atoms with Crippen LogP contribution in [-0.2, 0) is 6.30 Å². The lowest BCUT2D eigenvalue weighted by atomic mass is 10.2. The Labute approximate surface area is 66.4 Å². The van der Waals surface area contributed by atoms with Gasteiger partial charge in [-0.25, -0.2) is 0 Å². The summed E-state index contributed by atoms with van der Waals surface area (Å²) in [4.78, 5) is -0.345. The zero-order valence-corrected chi connectivity index (χ0v) is 6.50. The number of halogens is 3. The number of aromatic nitrogens is 4. The van der Waals surface area contributed by atoms with Gasteiger partial charge in [-0.2, -0.15) is 0 Å². The van der Waals surface area contributed by atoms with Crippen molar-refractivity contribution in [3.05, 3.63) is 5.82 Å². The minimum absolute atomic E-state index is 0.0901. The molecule has 68 valence electrons. The highest BCUT2D eigenvalue weighted by atomic mass is 19.4. The molecule has 0 fully saturated rings. The summed E-state index contributed by atoms with van der Waals surface area (Å²) in [5, 5.41) is 9.25. The summed E-state index contributed by atoms with van der Waals surface area (Å²) in [6, 6.07) is 0. The number of alkyl halides is 3. The van der Waals surface area contributed by atoms with Gasteiger partial charge in [-0.3, -0.25) is 0 Å². The Kier molecular flexibility index (Phi) is 2.03. The van der Waals surface area contributed by atoms with Crippen molar-refractivity contribution in [3.8, 4) is 0 Å². The van der Waals surface area contributed by atoms with Crippen LogP contribution in [0.4, 0.5) is 13.2 Å². The lowest BCUT2D eigenvalue weighted by molar-refractivity contribution is -0.222. The Morgan fingerprint density at radius 3 is 2.17 bits per heavy atom. The quantitative estimate of drug-likeness (QED) is 0.653. The second-order valence-corrected chi connectivity index (χ2v) is 2.56. The molecule has 0 saturated carbocycles. The summed E-state index contributed by atoms with van der Waals surface area (Å²) in [6.07, 6.45) is -4.57. The van der Waals surface area contributed by atoms with Crippen LogP contribution in [0.25, 0.3) is 0 Å². The predicted octanol–water partition coefficient (Wildman–Crippen LogP) is 1.27. The standard InChI is InChI=1S/C5H7F3N4/c1-3(2)4-9-11-12(10-4)5(6,7)8/h3H,1-2H3. The molecule has 0 aliphatic carbocycles. The van der Waals surface area contributed by atoms with Crippen LogP contribution >= 0.6 is 0 Å². The second kappa shape index (κ2) is 2.72. The van der Waals surface area contributed by atoms with Crippen LogP contribution in [0.1, 0.15) is 25.6 Å². The average molecular weight is 180 g/mol. The van der Waals surface area contributed by atoms with Gasteiger partial charge in [-0.15, -0.1) is 23.4 Å². The van der Waals surface area contributed by atoms with Gasteiger partial charge in [-0.05, 0) is 5.21 Å². The molecule has 1 aromatic heterocycles. The van der Waals surface area contributed by atoms with E-state index in [9.17, 15) is 13.2 Å². The molecule has 0 unspecified atom stereocenters. The van der Waals surface area contributed by atoms with E-state index < -0.39 is 6.30 Å². The van der Waals surface area contributed by atoms with Gasteiger partial charge in [0.2, 0.25) is 0 Å². The number of hydrogen-bond donors (Lipinski definition) is 0. The lowest BCUT2D eigenvalue weighted by Gasteiger charge is -2.00. The maximum absolute atomic E-state index is 11.9. The fraction of sp³-hybridized carbons (Fsp3) is 0.800. The van der Waals surface area contributed by atoms with E-state index in [4.69, 9.17) is 0 Å². The van der Waals surface area contributed by atoms with Gasteiger partial charge in [0.25, 0.3) is 0 Å². The van der Waals surface area contributed by atoms with Crippen LogP contribution in [0.3, 0.4) is 0 Å². The van der Waals surface area contributed by atoms with Gasteiger partial charge in [0, 0.05) is 5.92 Å². The Balaban J connectivity index is 2.92. The summed E-state index contributed by atoms with van der Waals surface area (Å²) in [5.74, 6) is -0.0616. The number of rotatable bonds is 1. The highest BCUT2D eigenvalue weighted by Crippen LogP contribution is 2.19. The fourth-order valence-electron chi connectivity index (χ4n) is 0.564. The first-order chi connectivity index (χ1) is 5.41. The van der Waals surface area contributed by atoms with Crippen molar-refractivity contribution in [1.82, 2.24) is 20.2 Å². The molecule has 12 heavy (non-hydrogen) atoms. The summed E-state index contributed by atoms with van der Waals surface area (Å²) in [6.45, 7) is 3.38. The second-order valence-electron chi connectivity index (χ2n) is 2.56. The normalized spacial score (nSPS) is 12.5. The van der Waals surface area contributed by atoms with Crippen LogP contribution in [0.5, 0.6) is 0 Å². The molecule has 1 rings (SSSR count). The maximum Gasteiger partial charge on any atom is 0.522 e. The van der Waals surface area contributed by atoms with Crippen molar-refractivity contribution in [1.29, 1.82) is 0 Å². The Hall–Kier alpha value is -1.14. The molecule has 0 aromatic carbocycles. The molecule has 1 heterocycles. The van der Waals surface area contributed by atoms with Crippen LogP contribution in [0.15, 0.2) is 0 Å². The third kappa shape index (κ3) is 1.72. The predicted molar refractivity (Wildman–Crippen MR) is 33.2 cm³/mol. The zero-order chi connectivity index (χ0) is 9.35. The van der Waals surface area contributed by atoms with E-state index in [1.165, 1.54) is 0 Å². The van der Waals surface area contributed by atoms with E-state index >= 15 is 0 Å². The third-order valence-electron chi connectivity index (χ3n) is 1.17. The molecule has 0 saturated heterocycles. The first kappa shape index (κ1) is 8.95. The monoisotopic (exact) mass is 180 g/mol. The Bertz CT molecular complexity index is 264. The molecule has 1 aromatic rings. The summed E-state index contributed by atoms with van der Waals surface area (Å²) < 4.78 is 35.6. The van der Waals surface area contributed by atoms with Crippen LogP contribution in [0, 0.1) is 0 Å². The molecular weight excluding hydrogens is 173 g/mol. The van der Waals surface area contributed by atoms with Gasteiger partial charge < -0.3 is 0 Å². The van der Waals surface area contributed by atoms with Crippen molar-refractivity contribution >= 4 is 0 Å². The zero-order valence-electron chi connectivity index (χ0n) is 6.50. The first-order valence-electron chi connectivity index (χ1n) is 3.28. The van der Waals surface area contributed by atoms with E-state index in [1.54, 1.807) is 13.8 Å². The molecule has 0 bridgehead atoms. The van der Waals surface area contributed by atoms with Crippen LogP contribution in [-0.4, -0.2) is 20.2 Å². The number of hydrogen-bond acceptors (Lipinski definition) is 3. The SMILES string of the molecule is CC(C)c1nnn(C(F)(F)F)n1. The van der Waals surface area contributed by atoms with Crippen molar-refractivity contribution < 1.29 is 13.2 Å². The van der Waals surface area contributed by atoms with Gasteiger partial charge in [-0.1, -0.05) is 18.6 Å². The van der Waals surface area contributed by atoms with Gasteiger partial charge in [0.1, 0.15) is 0 Å². The Morgan fingerprint density at radius 2 is 1.92 bits per heavy atom. The molecule has 4 nitrogen and oxygen atoms in total. The molecule has 7 heteroatoms.